The summed E-state index contributed by atoms with van der Waals surface area (Å²) in [5, 5.41) is 8.47. The van der Waals surface area contributed by atoms with Crippen molar-refractivity contribution in [2.75, 3.05) is 0 Å². The van der Waals surface area contributed by atoms with Crippen molar-refractivity contribution in [3.05, 3.63) is 369 Å². The van der Waals surface area contributed by atoms with Gasteiger partial charge in [-0.1, -0.05) is 291 Å². The van der Waals surface area contributed by atoms with Crippen LogP contribution in [0.2, 0.25) is 0 Å². The van der Waals surface area contributed by atoms with Crippen LogP contribution in [0.4, 0.5) is 0 Å². The lowest BCUT2D eigenvalue weighted by atomic mass is 9.96. The summed E-state index contributed by atoms with van der Waals surface area (Å²) in [6, 6.07) is 125. The lowest BCUT2D eigenvalue weighted by Gasteiger charge is -2.14. The number of para-hydroxylation sites is 3. The normalized spacial score (nSPS) is 12.0. The fourth-order valence-electron chi connectivity index (χ4n) is 15.4. The molecule has 4 heterocycles. The zero-order valence-corrected chi connectivity index (χ0v) is 57.6. The third-order valence-corrected chi connectivity index (χ3v) is 20.9. The zero-order valence-electron chi connectivity index (χ0n) is 57.6. The average molecular weight is 1350 g/mol. The standard InChI is InChI=1S/C98H64N8/c1-2-15-63(16-3-1)65-33-42-71(43-34-65)93-99-94(101-97(100-93)75-55-57-83(58-56-75)105-89-25-10-6-21-85(89)86-22-7-11-26-90(86)105)73-46-39-70(40-47-73)79-52-54-80-60-78(51-53-81(80)61-79)68-31-29-66(30-32-68)67-35-44-72(45-36-67)95-102-96(74-48-37-69(38-49-74)77-50-41-64-17-4-5-18-76(64)59-77)104-98(103-95)82-19-14-20-84(62-82)106-91-27-12-8-23-87(91)88-24-9-13-28-92(88)106/h1-10,12-25,27-62H,11,26H2. The van der Waals surface area contributed by atoms with Crippen LogP contribution in [0, 0.1) is 0 Å². The molecule has 0 saturated heterocycles. The Bertz CT molecular complexity index is 6580. The summed E-state index contributed by atoms with van der Waals surface area (Å²) < 4.78 is 4.75. The van der Waals surface area contributed by atoms with Crippen molar-refractivity contribution >= 4 is 60.3 Å². The first kappa shape index (κ1) is 61.8. The van der Waals surface area contributed by atoms with Gasteiger partial charge in [-0.3, -0.25) is 0 Å². The molecule has 0 radical (unpaired) electrons. The topological polar surface area (TPSA) is 87.2 Å². The van der Waals surface area contributed by atoms with Gasteiger partial charge in [-0.2, -0.15) is 0 Å². The minimum absolute atomic E-state index is 0.598. The molecule has 0 atom stereocenters. The molecule has 20 rings (SSSR count). The van der Waals surface area contributed by atoms with Gasteiger partial charge in [0.15, 0.2) is 34.9 Å². The molecule has 1 aliphatic rings. The largest absolute Gasteiger partial charge is 0.313 e. The number of benzene rings is 15. The van der Waals surface area contributed by atoms with Gasteiger partial charge in [0, 0.05) is 72.2 Å². The molecule has 0 spiro atoms. The molecule has 15 aromatic carbocycles. The van der Waals surface area contributed by atoms with Crippen LogP contribution < -0.4 is 0 Å². The molecule has 1 aliphatic carbocycles. The number of fused-ring (bicyclic) bond motifs is 8. The van der Waals surface area contributed by atoms with Gasteiger partial charge in [0.25, 0.3) is 0 Å². The maximum absolute atomic E-state index is 5.25. The highest BCUT2D eigenvalue weighted by molar-refractivity contribution is 6.09. The van der Waals surface area contributed by atoms with Gasteiger partial charge in [0.2, 0.25) is 0 Å². The van der Waals surface area contributed by atoms with Crippen LogP contribution in [-0.4, -0.2) is 39.0 Å². The van der Waals surface area contributed by atoms with Gasteiger partial charge in [0.1, 0.15) is 0 Å². The highest BCUT2D eigenvalue weighted by Crippen LogP contribution is 2.39. The van der Waals surface area contributed by atoms with E-state index in [0.717, 1.165) is 124 Å². The molecule has 8 nitrogen and oxygen atoms in total. The van der Waals surface area contributed by atoms with Crippen LogP contribution >= 0.6 is 0 Å². The minimum atomic E-state index is 0.598. The monoisotopic (exact) mass is 1350 g/mol. The Morgan fingerprint density at radius 1 is 0.208 bits per heavy atom. The first-order chi connectivity index (χ1) is 52.5. The molecule has 496 valence electrons. The number of hydrogen-bond donors (Lipinski definition) is 0. The maximum atomic E-state index is 5.25. The van der Waals surface area contributed by atoms with Crippen LogP contribution in [0.25, 0.3) is 196 Å². The SMILES string of the molecule is C1=Cc2c(n(-c3ccc(-c4nc(-c5ccc(-c6ccccc6)cc5)nc(-c5ccc(-c6ccc7cc(-c8ccc(-c9ccc(-c%10nc(-c%11ccc(-c%12ccc%13ccccc%13c%12)cc%11)nc(-c%11cccc(-n%12c%13ccccc%13c%13ccccc%13%12)c%11)n%10)cc9)cc8)ccc7c6)cc5)n4)cc3)c3ccccc23)CC1. The van der Waals surface area contributed by atoms with Crippen LogP contribution in [0.5, 0.6) is 0 Å². The molecule has 0 N–H and O–H groups in total. The summed E-state index contributed by atoms with van der Waals surface area (Å²) in [6.07, 6.45) is 6.59. The molecule has 0 fully saturated rings. The van der Waals surface area contributed by atoms with Crippen molar-refractivity contribution in [1.82, 2.24) is 39.0 Å². The van der Waals surface area contributed by atoms with Crippen molar-refractivity contribution < 1.29 is 0 Å². The van der Waals surface area contributed by atoms with E-state index in [0.29, 0.717) is 34.9 Å². The quantitative estimate of drug-likeness (QED) is 0.114. The average Bonchev–Trinajstić information content (AvgIpc) is 1.58. The van der Waals surface area contributed by atoms with Crippen LogP contribution in [-0.2, 0) is 6.42 Å². The Kier molecular flexibility index (Phi) is 15.2. The number of hydrogen-bond acceptors (Lipinski definition) is 6. The highest BCUT2D eigenvalue weighted by Gasteiger charge is 2.22. The summed E-state index contributed by atoms with van der Waals surface area (Å²) in [5.41, 5.74) is 25.1. The Morgan fingerprint density at radius 2 is 0.528 bits per heavy atom. The molecule has 19 aromatic rings. The minimum Gasteiger partial charge on any atom is -0.313 e. The van der Waals surface area contributed by atoms with Crippen molar-refractivity contribution in [1.29, 1.82) is 0 Å². The molecule has 0 unspecified atom stereocenters. The molecule has 4 aromatic heterocycles. The third kappa shape index (κ3) is 11.4. The van der Waals surface area contributed by atoms with E-state index < -0.39 is 0 Å². The fraction of sp³-hybridized carbons (Fsp3) is 0.0204. The molecule has 0 aliphatic heterocycles. The number of rotatable bonds is 13. The molecule has 8 heteroatoms. The van der Waals surface area contributed by atoms with E-state index in [1.165, 1.54) is 54.5 Å². The highest BCUT2D eigenvalue weighted by atomic mass is 15.1. The van der Waals surface area contributed by atoms with Gasteiger partial charge in [-0.25, -0.2) is 29.9 Å². The van der Waals surface area contributed by atoms with Crippen molar-refractivity contribution in [2.24, 2.45) is 0 Å². The van der Waals surface area contributed by atoms with E-state index in [9.17, 15) is 0 Å². The van der Waals surface area contributed by atoms with E-state index in [-0.39, 0.29) is 0 Å². The smallest absolute Gasteiger partial charge is 0.164 e. The predicted octanol–water partition coefficient (Wildman–Crippen LogP) is 24.7. The summed E-state index contributed by atoms with van der Waals surface area (Å²) >= 11 is 0. The fourth-order valence-corrected chi connectivity index (χ4v) is 15.4. The Balaban J connectivity index is 0.566. The molecule has 0 bridgehead atoms. The van der Waals surface area contributed by atoms with E-state index >= 15 is 0 Å². The van der Waals surface area contributed by atoms with Crippen molar-refractivity contribution in [2.45, 2.75) is 12.8 Å². The maximum Gasteiger partial charge on any atom is 0.164 e. The van der Waals surface area contributed by atoms with Crippen LogP contribution in [0.1, 0.15) is 17.7 Å². The van der Waals surface area contributed by atoms with Gasteiger partial charge < -0.3 is 9.13 Å². The molecular formula is C98H64N8. The van der Waals surface area contributed by atoms with Crippen molar-refractivity contribution in [3.63, 3.8) is 0 Å². The molecule has 106 heavy (non-hydrogen) atoms. The van der Waals surface area contributed by atoms with Gasteiger partial charge in [-0.05, 0) is 163 Å². The summed E-state index contributed by atoms with van der Waals surface area (Å²) in [6.45, 7) is 0. The molecule has 0 amide bonds. The second kappa shape index (κ2) is 26.1. The second-order valence-electron chi connectivity index (χ2n) is 27.3. The van der Waals surface area contributed by atoms with Crippen LogP contribution in [0.15, 0.2) is 358 Å². The Labute approximate surface area is 613 Å². The molecular weight excluding hydrogens is 1290 g/mol. The number of aromatic nitrogens is 8. The first-order valence-corrected chi connectivity index (χ1v) is 36.1. The Hall–Kier alpha value is -14.1. The van der Waals surface area contributed by atoms with Gasteiger partial charge >= 0.3 is 0 Å². The lowest BCUT2D eigenvalue weighted by molar-refractivity contribution is 0.888. The second-order valence-corrected chi connectivity index (χ2v) is 27.3. The van der Waals surface area contributed by atoms with Crippen LogP contribution in [0.3, 0.4) is 0 Å². The van der Waals surface area contributed by atoms with E-state index in [1.54, 1.807) is 0 Å². The Morgan fingerprint density at radius 3 is 0.991 bits per heavy atom. The third-order valence-electron chi connectivity index (χ3n) is 20.9. The van der Waals surface area contributed by atoms with Gasteiger partial charge in [-0.15, -0.1) is 0 Å². The van der Waals surface area contributed by atoms with Crippen molar-refractivity contribution in [3.8, 4) is 135 Å². The molecule has 0 saturated carbocycles. The predicted molar refractivity (Wildman–Crippen MR) is 437 cm³/mol. The summed E-state index contributed by atoms with van der Waals surface area (Å²) in [5.74, 6) is 3.65. The lowest BCUT2D eigenvalue weighted by Crippen LogP contribution is -2.03. The summed E-state index contributed by atoms with van der Waals surface area (Å²) in [4.78, 5) is 31.2. The first-order valence-electron chi connectivity index (χ1n) is 36.1. The van der Waals surface area contributed by atoms with E-state index in [2.05, 4.69) is 367 Å². The zero-order chi connectivity index (χ0) is 70.0. The van der Waals surface area contributed by atoms with E-state index in [1.807, 2.05) is 6.07 Å². The van der Waals surface area contributed by atoms with Gasteiger partial charge in [0.05, 0.1) is 16.6 Å². The summed E-state index contributed by atoms with van der Waals surface area (Å²) in [7, 11) is 0. The number of allylic oxidation sites excluding steroid dienone is 1. The number of nitrogens with zero attached hydrogens (tertiary/aromatic N) is 8. The van der Waals surface area contributed by atoms with E-state index in [4.69, 9.17) is 29.9 Å².